The summed E-state index contributed by atoms with van der Waals surface area (Å²) in [4.78, 5) is 4.27. The molecule has 0 saturated carbocycles. The number of pyridine rings is 1. The van der Waals surface area contributed by atoms with Crippen LogP contribution in [0.2, 0.25) is 0 Å². The maximum absolute atomic E-state index is 5.83. The number of hydrogen-bond acceptors (Lipinski definition) is 5. The molecule has 0 aliphatic rings. The predicted octanol–water partition coefficient (Wildman–Crippen LogP) is 5.94. The number of aromatic nitrogens is 3. The van der Waals surface area contributed by atoms with E-state index in [0.29, 0.717) is 6.61 Å². The van der Waals surface area contributed by atoms with Gasteiger partial charge in [0.2, 0.25) is 0 Å². The molecule has 162 valence electrons. The lowest BCUT2D eigenvalue weighted by Gasteiger charge is -2.09. The van der Waals surface area contributed by atoms with Gasteiger partial charge in [-0.05, 0) is 80.1 Å². The molecule has 3 heterocycles. The fraction of sp³-hybridized carbons (Fsp3) is 0.154. The van der Waals surface area contributed by atoms with Gasteiger partial charge in [0.1, 0.15) is 29.6 Å². The van der Waals surface area contributed by atoms with Crippen molar-refractivity contribution in [3.63, 3.8) is 0 Å². The van der Waals surface area contributed by atoms with Crippen molar-refractivity contribution in [2.24, 2.45) is 0 Å². The molecule has 4 aromatic rings. The molecule has 1 N–H and O–H groups in total. The first-order valence-electron chi connectivity index (χ1n) is 10.3. The number of rotatable bonds is 8. The summed E-state index contributed by atoms with van der Waals surface area (Å²) in [5.74, 6) is 3.20. The summed E-state index contributed by atoms with van der Waals surface area (Å²) >= 11 is 0. The molecule has 1 aromatic carbocycles. The molecule has 4 rings (SSSR count). The third-order valence-corrected chi connectivity index (χ3v) is 4.98. The van der Waals surface area contributed by atoms with E-state index in [1.165, 1.54) is 0 Å². The zero-order chi connectivity index (χ0) is 22.3. The average molecular weight is 428 g/mol. The standard InChI is InChI=1S/C26H25N3O3/c1-18-14-25(32-19(18)2)12-10-22-15-21(28-29-22)9-7-20-8-11-24(16-26(20)30-3)31-17-23-6-4-5-13-27-23/h4-16H,17H2,1-3H3,(H,28,29)/b9-7+,12-10+. The third-order valence-electron chi connectivity index (χ3n) is 4.98. The van der Waals surface area contributed by atoms with Crippen molar-refractivity contribution in [2.75, 3.05) is 7.11 Å². The number of methoxy groups -OCH3 is 1. The zero-order valence-corrected chi connectivity index (χ0v) is 18.3. The molecule has 0 fully saturated rings. The van der Waals surface area contributed by atoms with E-state index in [1.54, 1.807) is 13.3 Å². The van der Waals surface area contributed by atoms with Crippen molar-refractivity contribution in [2.45, 2.75) is 20.5 Å². The Hall–Kier alpha value is -4.06. The van der Waals surface area contributed by atoms with Crippen LogP contribution in [-0.2, 0) is 6.61 Å². The van der Waals surface area contributed by atoms with E-state index in [4.69, 9.17) is 13.9 Å². The van der Waals surface area contributed by atoms with Crippen LogP contribution in [0.4, 0.5) is 0 Å². The van der Waals surface area contributed by atoms with Crippen LogP contribution < -0.4 is 9.47 Å². The Kier molecular flexibility index (Phi) is 6.51. The first-order valence-corrected chi connectivity index (χ1v) is 10.3. The Balaban J connectivity index is 1.41. The Bertz CT molecular complexity index is 1220. The van der Waals surface area contributed by atoms with E-state index in [9.17, 15) is 0 Å². The van der Waals surface area contributed by atoms with E-state index in [2.05, 4.69) is 15.2 Å². The second kappa shape index (κ2) is 9.83. The highest BCUT2D eigenvalue weighted by molar-refractivity contribution is 5.73. The average Bonchev–Trinajstić information content (AvgIpc) is 3.41. The molecule has 0 bridgehead atoms. The van der Waals surface area contributed by atoms with E-state index < -0.39 is 0 Å². The van der Waals surface area contributed by atoms with Crippen LogP contribution in [0.25, 0.3) is 24.3 Å². The van der Waals surface area contributed by atoms with Crippen LogP contribution in [-0.4, -0.2) is 22.3 Å². The minimum absolute atomic E-state index is 0.403. The second-order valence-electron chi connectivity index (χ2n) is 7.32. The normalized spacial score (nSPS) is 11.5. The smallest absolute Gasteiger partial charge is 0.130 e. The number of nitrogens with zero attached hydrogens (tertiary/aromatic N) is 2. The zero-order valence-electron chi connectivity index (χ0n) is 18.3. The first-order chi connectivity index (χ1) is 15.6. The molecular weight excluding hydrogens is 402 g/mol. The number of benzene rings is 1. The summed E-state index contributed by atoms with van der Waals surface area (Å²) in [6.07, 6.45) is 9.51. The lowest BCUT2D eigenvalue weighted by atomic mass is 10.1. The third kappa shape index (κ3) is 5.35. The van der Waals surface area contributed by atoms with Gasteiger partial charge in [-0.25, -0.2) is 0 Å². The van der Waals surface area contributed by atoms with Gasteiger partial charge >= 0.3 is 0 Å². The van der Waals surface area contributed by atoms with Crippen molar-refractivity contribution < 1.29 is 13.9 Å². The molecule has 6 nitrogen and oxygen atoms in total. The Morgan fingerprint density at radius 3 is 2.66 bits per heavy atom. The van der Waals surface area contributed by atoms with Crippen LogP contribution in [0, 0.1) is 13.8 Å². The largest absolute Gasteiger partial charge is 0.496 e. The number of ether oxygens (including phenoxy) is 2. The van der Waals surface area contributed by atoms with Crippen molar-refractivity contribution in [1.29, 1.82) is 0 Å². The number of aromatic amines is 1. The van der Waals surface area contributed by atoms with E-state index in [1.807, 2.05) is 86.7 Å². The molecule has 0 amide bonds. The molecule has 32 heavy (non-hydrogen) atoms. The van der Waals surface area contributed by atoms with Gasteiger partial charge in [0.05, 0.1) is 24.2 Å². The SMILES string of the molecule is COc1cc(OCc2ccccn2)ccc1/C=C/c1cc(/C=C/c2cc(C)c(C)o2)[nH]n1. The van der Waals surface area contributed by atoms with E-state index >= 15 is 0 Å². The fourth-order valence-electron chi connectivity index (χ4n) is 3.11. The maximum Gasteiger partial charge on any atom is 0.130 e. The fourth-order valence-corrected chi connectivity index (χ4v) is 3.11. The van der Waals surface area contributed by atoms with Gasteiger partial charge in [-0.1, -0.05) is 6.07 Å². The molecule has 0 aliphatic carbocycles. The van der Waals surface area contributed by atoms with Crippen molar-refractivity contribution in [3.8, 4) is 11.5 Å². The molecule has 0 atom stereocenters. The Morgan fingerprint density at radius 1 is 1.00 bits per heavy atom. The Labute approximate surface area is 187 Å². The van der Waals surface area contributed by atoms with Gasteiger partial charge < -0.3 is 13.9 Å². The number of H-pyrrole nitrogens is 1. The molecule has 0 unspecified atom stereocenters. The van der Waals surface area contributed by atoms with Crippen LogP contribution >= 0.6 is 0 Å². The monoisotopic (exact) mass is 427 g/mol. The number of aryl methyl sites for hydroxylation is 2. The minimum Gasteiger partial charge on any atom is -0.496 e. The molecular formula is C26H25N3O3. The summed E-state index contributed by atoms with van der Waals surface area (Å²) in [6.45, 7) is 4.39. The van der Waals surface area contributed by atoms with Crippen LogP contribution in [0.5, 0.6) is 11.5 Å². The Morgan fingerprint density at radius 2 is 1.91 bits per heavy atom. The summed E-state index contributed by atoms with van der Waals surface area (Å²) in [5.41, 5.74) is 4.64. The van der Waals surface area contributed by atoms with Crippen LogP contribution in [0.15, 0.2) is 59.1 Å². The lowest BCUT2D eigenvalue weighted by Crippen LogP contribution is -1.98. The minimum atomic E-state index is 0.403. The number of hydrogen-bond donors (Lipinski definition) is 1. The lowest BCUT2D eigenvalue weighted by molar-refractivity contribution is 0.299. The van der Waals surface area contributed by atoms with E-state index in [0.717, 1.165) is 51.2 Å². The highest BCUT2D eigenvalue weighted by Gasteiger charge is 2.05. The number of nitrogens with one attached hydrogen (secondary N) is 1. The van der Waals surface area contributed by atoms with Crippen LogP contribution in [0.3, 0.4) is 0 Å². The highest BCUT2D eigenvalue weighted by atomic mass is 16.5. The van der Waals surface area contributed by atoms with Gasteiger partial charge in [0.25, 0.3) is 0 Å². The van der Waals surface area contributed by atoms with E-state index in [-0.39, 0.29) is 0 Å². The molecule has 6 heteroatoms. The first kappa shape index (κ1) is 21.2. The summed E-state index contributed by atoms with van der Waals surface area (Å²) in [5, 5.41) is 7.35. The second-order valence-corrected chi connectivity index (χ2v) is 7.32. The molecule has 0 aliphatic heterocycles. The molecule has 3 aromatic heterocycles. The maximum atomic E-state index is 5.83. The van der Waals surface area contributed by atoms with Crippen molar-refractivity contribution >= 4 is 24.3 Å². The van der Waals surface area contributed by atoms with Gasteiger partial charge in [0.15, 0.2) is 0 Å². The summed E-state index contributed by atoms with van der Waals surface area (Å²) in [6, 6.07) is 15.5. The quantitative estimate of drug-likeness (QED) is 0.376. The van der Waals surface area contributed by atoms with Crippen LogP contribution in [0.1, 0.15) is 39.7 Å². The van der Waals surface area contributed by atoms with Crippen molar-refractivity contribution in [3.05, 3.63) is 94.5 Å². The topological polar surface area (TPSA) is 73.2 Å². The molecule has 0 radical (unpaired) electrons. The molecule has 0 saturated heterocycles. The van der Waals surface area contributed by atoms with Gasteiger partial charge in [-0.15, -0.1) is 0 Å². The highest BCUT2D eigenvalue weighted by Crippen LogP contribution is 2.27. The summed E-state index contributed by atoms with van der Waals surface area (Å²) in [7, 11) is 1.64. The summed E-state index contributed by atoms with van der Waals surface area (Å²) < 4.78 is 17.0. The predicted molar refractivity (Wildman–Crippen MR) is 126 cm³/mol. The van der Waals surface area contributed by atoms with Gasteiger partial charge in [-0.2, -0.15) is 5.10 Å². The molecule has 0 spiro atoms. The van der Waals surface area contributed by atoms with Gasteiger partial charge in [-0.3, -0.25) is 10.1 Å². The van der Waals surface area contributed by atoms with Gasteiger partial charge in [0, 0.05) is 17.8 Å². The van der Waals surface area contributed by atoms with Crippen molar-refractivity contribution in [1.82, 2.24) is 15.2 Å². The number of furan rings is 1.